The van der Waals surface area contributed by atoms with Crippen LogP contribution in [-0.4, -0.2) is 37.3 Å². The maximum atomic E-state index is 12.9. The molecule has 2 N–H and O–H groups in total. The predicted molar refractivity (Wildman–Crippen MR) is 157 cm³/mol. The molecule has 3 rings (SSSR count). The Balaban J connectivity index is 1.59. The van der Waals surface area contributed by atoms with E-state index in [2.05, 4.69) is 21.9 Å². The number of carbonyl (C=O) groups excluding carboxylic acids is 2. The van der Waals surface area contributed by atoms with Crippen LogP contribution in [0.15, 0.2) is 71.8 Å². The highest BCUT2D eigenvalue weighted by atomic mass is 16.5. The molecule has 8 nitrogen and oxygen atoms in total. The van der Waals surface area contributed by atoms with E-state index in [0.717, 1.165) is 16.7 Å². The van der Waals surface area contributed by atoms with E-state index < -0.39 is 11.9 Å². The summed E-state index contributed by atoms with van der Waals surface area (Å²) in [6.45, 7) is 10.5. The number of hydrazone groups is 1. The maximum Gasteiger partial charge on any atom is 0.262 e. The summed E-state index contributed by atoms with van der Waals surface area (Å²) in [5.74, 6) is 1.23. The molecule has 0 bridgehead atoms. The molecule has 0 saturated carbocycles. The van der Waals surface area contributed by atoms with Gasteiger partial charge in [-0.2, -0.15) is 5.10 Å². The van der Waals surface area contributed by atoms with Crippen LogP contribution in [0.5, 0.6) is 17.2 Å². The van der Waals surface area contributed by atoms with Crippen molar-refractivity contribution in [2.75, 3.05) is 13.2 Å². The van der Waals surface area contributed by atoms with Gasteiger partial charge >= 0.3 is 0 Å². The molecule has 1 atom stereocenters. The van der Waals surface area contributed by atoms with E-state index >= 15 is 0 Å². The Morgan fingerprint density at radius 2 is 1.70 bits per heavy atom. The first kappa shape index (κ1) is 30.2. The van der Waals surface area contributed by atoms with Gasteiger partial charge in [0.25, 0.3) is 11.8 Å². The van der Waals surface area contributed by atoms with Crippen molar-refractivity contribution in [2.24, 2.45) is 11.0 Å². The summed E-state index contributed by atoms with van der Waals surface area (Å²) >= 11 is 0. The Kier molecular flexibility index (Phi) is 11.6. The summed E-state index contributed by atoms with van der Waals surface area (Å²) in [4.78, 5) is 25.4. The highest BCUT2D eigenvalue weighted by Gasteiger charge is 2.22. The Bertz CT molecular complexity index is 1310. The molecule has 3 aromatic rings. The summed E-state index contributed by atoms with van der Waals surface area (Å²) in [6, 6.07) is 20.3. The van der Waals surface area contributed by atoms with Crippen molar-refractivity contribution in [3.05, 3.63) is 89.0 Å². The van der Waals surface area contributed by atoms with Crippen LogP contribution in [0.25, 0.3) is 0 Å². The second kappa shape index (κ2) is 15.3. The third kappa shape index (κ3) is 9.76. The van der Waals surface area contributed by atoms with Crippen molar-refractivity contribution in [3.63, 3.8) is 0 Å². The maximum absolute atomic E-state index is 12.9. The van der Waals surface area contributed by atoms with Gasteiger partial charge in [-0.3, -0.25) is 9.59 Å². The lowest BCUT2D eigenvalue weighted by molar-refractivity contribution is -0.130. The lowest BCUT2D eigenvalue weighted by atomic mass is 10.0. The molecule has 0 aliphatic rings. The van der Waals surface area contributed by atoms with Crippen LogP contribution in [0.4, 0.5) is 0 Å². The lowest BCUT2D eigenvalue weighted by Crippen LogP contribution is -2.47. The minimum absolute atomic E-state index is 0.179. The fraction of sp³-hybridized carbons (Fsp3) is 0.344. The molecular weight excluding hydrogens is 506 g/mol. The van der Waals surface area contributed by atoms with Crippen LogP contribution in [-0.2, 0) is 16.2 Å². The zero-order valence-electron chi connectivity index (χ0n) is 23.9. The molecule has 0 unspecified atom stereocenters. The monoisotopic (exact) mass is 545 g/mol. The largest absolute Gasteiger partial charge is 0.490 e. The van der Waals surface area contributed by atoms with Crippen molar-refractivity contribution >= 4 is 18.0 Å². The number of carbonyl (C=O) groups is 2. The molecule has 0 fully saturated rings. The molecule has 0 aliphatic carbocycles. The van der Waals surface area contributed by atoms with E-state index in [1.54, 1.807) is 12.1 Å². The number of rotatable bonds is 14. The van der Waals surface area contributed by atoms with E-state index in [0.29, 0.717) is 36.9 Å². The number of hydrogen-bond acceptors (Lipinski definition) is 6. The van der Waals surface area contributed by atoms with E-state index in [-0.39, 0.29) is 18.4 Å². The van der Waals surface area contributed by atoms with E-state index in [1.165, 1.54) is 11.8 Å². The van der Waals surface area contributed by atoms with Crippen molar-refractivity contribution < 1.29 is 23.8 Å². The molecule has 40 heavy (non-hydrogen) atoms. The summed E-state index contributed by atoms with van der Waals surface area (Å²) < 4.78 is 17.4. The normalized spacial score (nSPS) is 11.8. The van der Waals surface area contributed by atoms with Crippen molar-refractivity contribution in [2.45, 2.75) is 53.7 Å². The molecule has 0 aliphatic heterocycles. The second-order valence-electron chi connectivity index (χ2n) is 9.95. The third-order valence-electron chi connectivity index (χ3n) is 5.94. The van der Waals surface area contributed by atoms with Gasteiger partial charge in [0.2, 0.25) is 0 Å². The van der Waals surface area contributed by atoms with Crippen LogP contribution >= 0.6 is 0 Å². The SMILES string of the molecule is CCOc1cc(/C=N\NC(=O)[C@H](CC(C)C)NC(=O)COc2ccccc2C)ccc1OCc1cccc(C)c1. The number of para-hydroxylation sites is 1. The number of benzene rings is 3. The Labute approximate surface area is 236 Å². The molecule has 3 aromatic carbocycles. The zero-order chi connectivity index (χ0) is 28.9. The third-order valence-corrected chi connectivity index (χ3v) is 5.94. The van der Waals surface area contributed by atoms with Crippen LogP contribution in [0.1, 0.15) is 49.4 Å². The first-order valence-corrected chi connectivity index (χ1v) is 13.5. The lowest BCUT2D eigenvalue weighted by Gasteiger charge is -2.19. The Morgan fingerprint density at radius 1 is 0.900 bits per heavy atom. The van der Waals surface area contributed by atoms with E-state index in [4.69, 9.17) is 14.2 Å². The molecule has 0 radical (unpaired) electrons. The van der Waals surface area contributed by atoms with Gasteiger partial charge in [0.1, 0.15) is 18.4 Å². The van der Waals surface area contributed by atoms with Gasteiger partial charge in [-0.05, 0) is 74.1 Å². The smallest absolute Gasteiger partial charge is 0.262 e. The average molecular weight is 546 g/mol. The summed E-state index contributed by atoms with van der Waals surface area (Å²) in [5.41, 5.74) is 6.44. The van der Waals surface area contributed by atoms with Gasteiger partial charge in [0, 0.05) is 0 Å². The average Bonchev–Trinajstić information content (AvgIpc) is 2.92. The minimum Gasteiger partial charge on any atom is -0.490 e. The van der Waals surface area contributed by atoms with Crippen LogP contribution in [0, 0.1) is 19.8 Å². The fourth-order valence-electron chi connectivity index (χ4n) is 4.00. The van der Waals surface area contributed by atoms with Crippen LogP contribution < -0.4 is 25.0 Å². The molecule has 0 spiro atoms. The molecule has 212 valence electrons. The standard InChI is InChI=1S/C32H39N3O5/c1-6-38-30-18-25(14-15-29(30)39-20-26-12-9-10-23(4)17-26)19-33-35-32(37)27(16-22(2)3)34-31(36)21-40-28-13-8-7-11-24(28)5/h7-15,17-19,22,27H,6,16,20-21H2,1-5H3,(H,34,36)(H,35,37)/b33-19-/t27-/m0/s1. The molecule has 0 saturated heterocycles. The minimum atomic E-state index is -0.749. The van der Waals surface area contributed by atoms with Gasteiger partial charge in [0.15, 0.2) is 18.1 Å². The number of nitrogens with one attached hydrogen (secondary N) is 2. The first-order chi connectivity index (χ1) is 19.2. The number of amides is 2. The van der Waals surface area contributed by atoms with Crippen molar-refractivity contribution in [1.29, 1.82) is 0 Å². The highest BCUT2D eigenvalue weighted by Crippen LogP contribution is 2.29. The number of nitrogens with zero attached hydrogens (tertiary/aromatic N) is 1. The van der Waals surface area contributed by atoms with Crippen molar-refractivity contribution in [3.8, 4) is 17.2 Å². The van der Waals surface area contributed by atoms with Gasteiger partial charge < -0.3 is 19.5 Å². The van der Waals surface area contributed by atoms with Gasteiger partial charge in [-0.15, -0.1) is 0 Å². The van der Waals surface area contributed by atoms with Crippen LogP contribution in [0.2, 0.25) is 0 Å². The van der Waals surface area contributed by atoms with Gasteiger partial charge in [0.05, 0.1) is 12.8 Å². The summed E-state index contributed by atoms with van der Waals surface area (Å²) in [7, 11) is 0. The Morgan fingerprint density at radius 3 is 2.42 bits per heavy atom. The topological polar surface area (TPSA) is 98.2 Å². The molecule has 0 aromatic heterocycles. The molecule has 8 heteroatoms. The predicted octanol–water partition coefficient (Wildman–Crippen LogP) is 5.34. The van der Waals surface area contributed by atoms with Crippen LogP contribution in [0.3, 0.4) is 0 Å². The second-order valence-corrected chi connectivity index (χ2v) is 9.95. The molecule has 2 amide bonds. The van der Waals surface area contributed by atoms with E-state index in [9.17, 15) is 9.59 Å². The molecule has 0 heterocycles. The Hall–Kier alpha value is -4.33. The van der Waals surface area contributed by atoms with Gasteiger partial charge in [-0.25, -0.2) is 5.43 Å². The first-order valence-electron chi connectivity index (χ1n) is 13.5. The van der Waals surface area contributed by atoms with Gasteiger partial charge in [-0.1, -0.05) is 61.9 Å². The summed E-state index contributed by atoms with van der Waals surface area (Å²) in [5, 5.41) is 6.88. The van der Waals surface area contributed by atoms with E-state index in [1.807, 2.05) is 83.1 Å². The quantitative estimate of drug-likeness (QED) is 0.210. The number of hydrogen-bond donors (Lipinski definition) is 2. The fourth-order valence-corrected chi connectivity index (χ4v) is 4.00. The molecular formula is C32H39N3O5. The zero-order valence-corrected chi connectivity index (χ0v) is 23.9. The number of ether oxygens (including phenoxy) is 3. The number of aryl methyl sites for hydroxylation is 2. The summed E-state index contributed by atoms with van der Waals surface area (Å²) in [6.07, 6.45) is 1.99. The highest BCUT2D eigenvalue weighted by molar-refractivity contribution is 5.89. The van der Waals surface area contributed by atoms with Crippen molar-refractivity contribution in [1.82, 2.24) is 10.7 Å².